The van der Waals surface area contributed by atoms with Crippen molar-refractivity contribution in [3.8, 4) is 0 Å². The summed E-state index contributed by atoms with van der Waals surface area (Å²) in [5.74, 6) is 0.342. The van der Waals surface area contributed by atoms with Crippen molar-refractivity contribution in [1.29, 1.82) is 0 Å². The fourth-order valence-corrected chi connectivity index (χ4v) is 2.87. The van der Waals surface area contributed by atoms with Gasteiger partial charge >= 0.3 is 0 Å². The molecule has 0 aliphatic carbocycles. The fraction of sp³-hybridized carbons (Fsp3) is 0.500. The van der Waals surface area contributed by atoms with Gasteiger partial charge < -0.3 is 20.4 Å². The molecule has 1 fully saturated rings. The molecule has 0 saturated carbocycles. The maximum absolute atomic E-state index is 13.3. The first kappa shape index (κ1) is 15.9. The Bertz CT molecular complexity index is 722. The van der Waals surface area contributed by atoms with Crippen molar-refractivity contribution in [2.75, 3.05) is 19.8 Å². The highest BCUT2D eigenvalue weighted by molar-refractivity contribution is 5.86. The molecule has 7 heteroatoms. The van der Waals surface area contributed by atoms with Gasteiger partial charge in [-0.15, -0.1) is 0 Å². The van der Waals surface area contributed by atoms with Gasteiger partial charge in [0.05, 0.1) is 16.6 Å². The molecule has 1 aromatic carbocycles. The quantitative estimate of drug-likeness (QED) is 0.876. The van der Waals surface area contributed by atoms with Gasteiger partial charge in [0.25, 0.3) is 0 Å². The Morgan fingerprint density at radius 1 is 1.48 bits per heavy atom. The Labute approximate surface area is 133 Å². The molecule has 1 aliphatic heterocycles. The third-order valence-corrected chi connectivity index (χ3v) is 4.41. The van der Waals surface area contributed by atoms with E-state index < -0.39 is 5.54 Å². The van der Waals surface area contributed by atoms with E-state index in [1.165, 1.54) is 12.1 Å². The second-order valence-corrected chi connectivity index (χ2v) is 5.99. The van der Waals surface area contributed by atoms with Gasteiger partial charge in [-0.3, -0.25) is 4.79 Å². The molecule has 1 amide bonds. The van der Waals surface area contributed by atoms with Gasteiger partial charge in [-0.25, -0.2) is 9.37 Å². The highest BCUT2D eigenvalue weighted by Gasteiger charge is 2.35. The summed E-state index contributed by atoms with van der Waals surface area (Å²) in [6.45, 7) is 1.47. The lowest BCUT2D eigenvalue weighted by atomic mass is 9.90. The lowest BCUT2D eigenvalue weighted by Crippen LogP contribution is -2.57. The van der Waals surface area contributed by atoms with Crippen LogP contribution in [0.5, 0.6) is 0 Å². The van der Waals surface area contributed by atoms with Crippen LogP contribution in [0.4, 0.5) is 4.39 Å². The van der Waals surface area contributed by atoms with Crippen LogP contribution >= 0.6 is 0 Å². The molecule has 1 aliphatic rings. The summed E-state index contributed by atoms with van der Waals surface area (Å²) in [5.41, 5.74) is 6.78. The number of imidazole rings is 1. The number of rotatable bonds is 4. The number of nitrogens with two attached hydrogens (primary N) is 1. The van der Waals surface area contributed by atoms with Gasteiger partial charge in [-0.2, -0.15) is 0 Å². The lowest BCUT2D eigenvalue weighted by molar-refractivity contribution is -0.129. The summed E-state index contributed by atoms with van der Waals surface area (Å²) in [7, 11) is 1.88. The smallest absolute Gasteiger partial charge is 0.240 e. The number of hydrogen-bond donors (Lipinski definition) is 2. The molecular formula is C16H21FN4O2. The van der Waals surface area contributed by atoms with Crippen LogP contribution in [0.25, 0.3) is 11.0 Å². The second kappa shape index (κ2) is 6.25. The summed E-state index contributed by atoms with van der Waals surface area (Å²) in [6.07, 6.45) is 1.62. The first-order valence-corrected chi connectivity index (χ1v) is 7.75. The first-order valence-electron chi connectivity index (χ1n) is 7.75. The summed E-state index contributed by atoms with van der Waals surface area (Å²) >= 11 is 0. The lowest BCUT2D eigenvalue weighted by Gasteiger charge is -2.31. The maximum atomic E-state index is 13.3. The van der Waals surface area contributed by atoms with Crippen molar-refractivity contribution >= 4 is 16.9 Å². The zero-order valence-electron chi connectivity index (χ0n) is 13.1. The van der Waals surface area contributed by atoms with Crippen LogP contribution in [0.15, 0.2) is 18.2 Å². The predicted molar refractivity (Wildman–Crippen MR) is 84.4 cm³/mol. The van der Waals surface area contributed by atoms with Crippen molar-refractivity contribution in [2.45, 2.75) is 24.8 Å². The predicted octanol–water partition coefficient (Wildman–Crippen LogP) is 0.879. The molecule has 23 heavy (non-hydrogen) atoms. The molecule has 0 bridgehead atoms. The number of fused-ring (bicyclic) bond motifs is 1. The number of aryl methyl sites for hydroxylation is 1. The summed E-state index contributed by atoms with van der Waals surface area (Å²) in [6, 6.07) is 4.53. The van der Waals surface area contributed by atoms with E-state index in [1.807, 2.05) is 11.6 Å². The van der Waals surface area contributed by atoms with E-state index in [0.717, 1.165) is 11.3 Å². The molecule has 0 unspecified atom stereocenters. The normalized spacial score (nSPS) is 17.3. The SMILES string of the molecule is Cn1c(CCNC(=O)C2(N)CCOCC2)nc2cc(F)ccc21. The molecule has 6 nitrogen and oxygen atoms in total. The van der Waals surface area contributed by atoms with E-state index in [9.17, 15) is 9.18 Å². The van der Waals surface area contributed by atoms with Gasteiger partial charge in [0.1, 0.15) is 11.6 Å². The second-order valence-electron chi connectivity index (χ2n) is 5.99. The number of nitrogens with one attached hydrogen (secondary N) is 1. The molecule has 124 valence electrons. The standard InChI is InChI=1S/C16H21FN4O2/c1-21-13-3-2-11(17)10-12(13)20-14(21)4-7-19-15(22)16(18)5-8-23-9-6-16/h2-3,10H,4-9,18H2,1H3,(H,19,22). The number of halogens is 1. The van der Waals surface area contributed by atoms with E-state index >= 15 is 0 Å². The molecule has 0 spiro atoms. The average Bonchev–Trinajstić information content (AvgIpc) is 2.83. The molecule has 0 atom stereocenters. The van der Waals surface area contributed by atoms with Crippen LogP contribution in [-0.2, 0) is 23.0 Å². The molecule has 2 aromatic rings. The highest BCUT2D eigenvalue weighted by Crippen LogP contribution is 2.18. The van der Waals surface area contributed by atoms with E-state index in [0.29, 0.717) is 44.5 Å². The van der Waals surface area contributed by atoms with Gasteiger partial charge in [0, 0.05) is 39.3 Å². The van der Waals surface area contributed by atoms with Crippen molar-refractivity contribution < 1.29 is 13.9 Å². The number of carbonyl (C=O) groups excluding carboxylic acids is 1. The van der Waals surface area contributed by atoms with Crippen molar-refractivity contribution in [3.05, 3.63) is 29.8 Å². The third kappa shape index (κ3) is 3.20. The molecule has 3 rings (SSSR count). The molecule has 3 N–H and O–H groups in total. The monoisotopic (exact) mass is 320 g/mol. The zero-order valence-corrected chi connectivity index (χ0v) is 13.1. The van der Waals surface area contributed by atoms with Crippen LogP contribution in [-0.4, -0.2) is 40.8 Å². The molecule has 2 heterocycles. The van der Waals surface area contributed by atoms with Gasteiger partial charge in [-0.05, 0) is 25.0 Å². The number of amides is 1. The van der Waals surface area contributed by atoms with E-state index in [4.69, 9.17) is 10.5 Å². The highest BCUT2D eigenvalue weighted by atomic mass is 19.1. The number of benzene rings is 1. The summed E-state index contributed by atoms with van der Waals surface area (Å²) in [5, 5.41) is 2.88. The fourth-order valence-electron chi connectivity index (χ4n) is 2.87. The van der Waals surface area contributed by atoms with Crippen LogP contribution in [0.2, 0.25) is 0 Å². The van der Waals surface area contributed by atoms with Gasteiger partial charge in [0.15, 0.2) is 0 Å². The van der Waals surface area contributed by atoms with Crippen molar-refractivity contribution in [2.24, 2.45) is 12.8 Å². The average molecular weight is 320 g/mol. The number of ether oxygens (including phenoxy) is 1. The maximum Gasteiger partial charge on any atom is 0.240 e. The molecular weight excluding hydrogens is 299 g/mol. The van der Waals surface area contributed by atoms with E-state index in [1.54, 1.807) is 6.07 Å². The van der Waals surface area contributed by atoms with Gasteiger partial charge in [-0.1, -0.05) is 0 Å². The summed E-state index contributed by atoms with van der Waals surface area (Å²) < 4.78 is 20.4. The number of hydrogen-bond acceptors (Lipinski definition) is 4. The van der Waals surface area contributed by atoms with Gasteiger partial charge in [0.2, 0.25) is 5.91 Å². The first-order chi connectivity index (χ1) is 11.0. The minimum Gasteiger partial charge on any atom is -0.381 e. The zero-order chi connectivity index (χ0) is 16.4. The third-order valence-electron chi connectivity index (χ3n) is 4.41. The van der Waals surface area contributed by atoms with Crippen LogP contribution in [0, 0.1) is 5.82 Å². The molecule has 1 aromatic heterocycles. The number of carbonyl (C=O) groups is 1. The number of nitrogens with zero attached hydrogens (tertiary/aromatic N) is 2. The Hall–Kier alpha value is -1.99. The topological polar surface area (TPSA) is 82.2 Å². The van der Waals surface area contributed by atoms with Crippen molar-refractivity contribution in [1.82, 2.24) is 14.9 Å². The van der Waals surface area contributed by atoms with Crippen LogP contribution in [0.1, 0.15) is 18.7 Å². The summed E-state index contributed by atoms with van der Waals surface area (Å²) in [4.78, 5) is 16.7. The Morgan fingerprint density at radius 3 is 2.96 bits per heavy atom. The van der Waals surface area contributed by atoms with E-state index in [-0.39, 0.29) is 11.7 Å². The van der Waals surface area contributed by atoms with Crippen LogP contribution < -0.4 is 11.1 Å². The Morgan fingerprint density at radius 2 is 2.22 bits per heavy atom. The molecule has 1 saturated heterocycles. The Balaban J connectivity index is 1.62. The van der Waals surface area contributed by atoms with E-state index in [2.05, 4.69) is 10.3 Å². The number of aromatic nitrogens is 2. The van der Waals surface area contributed by atoms with Crippen LogP contribution in [0.3, 0.4) is 0 Å². The minimum absolute atomic E-state index is 0.148. The largest absolute Gasteiger partial charge is 0.381 e. The molecule has 0 radical (unpaired) electrons. The van der Waals surface area contributed by atoms with Crippen molar-refractivity contribution in [3.63, 3.8) is 0 Å². The minimum atomic E-state index is -0.840. The Kier molecular flexibility index (Phi) is 4.32.